The van der Waals surface area contributed by atoms with Crippen molar-refractivity contribution in [1.82, 2.24) is 45.7 Å². The number of nitrogens with one attached hydrogen (secondary N) is 6. The number of benzene rings is 1. The Morgan fingerprint density at radius 1 is 0.968 bits per heavy atom. The number of H-pyrrole nitrogens is 1. The number of fused-ring (bicyclic) bond motifs is 1. The van der Waals surface area contributed by atoms with E-state index in [2.05, 4.69) is 46.5 Å². The lowest BCUT2D eigenvalue weighted by atomic mass is 9.95. The molecule has 0 unspecified atom stereocenters. The van der Waals surface area contributed by atoms with Gasteiger partial charge >= 0.3 is 6.09 Å². The second-order valence-corrected chi connectivity index (χ2v) is 15.3. The number of aliphatic hydroxyl groups is 3. The van der Waals surface area contributed by atoms with Gasteiger partial charge in [-0.2, -0.15) is 0 Å². The molecule has 9 N–H and O–H groups in total. The number of hydrogen-bond acceptors (Lipinski definition) is 16. The first-order valence-corrected chi connectivity index (χ1v) is 19.9. The number of likely N-dealkylation sites (tertiary alicyclic amines) is 1. The molecular formula is C39H49N11O12. The van der Waals surface area contributed by atoms with Crippen LogP contribution in [0.2, 0.25) is 0 Å². The number of imide groups is 1. The molecule has 0 aliphatic carbocycles. The predicted octanol–water partition coefficient (Wildman–Crippen LogP) is -1.61. The number of ether oxygens (including phenoxy) is 2. The van der Waals surface area contributed by atoms with E-state index in [-0.39, 0.29) is 37.9 Å². The van der Waals surface area contributed by atoms with Crippen LogP contribution in [0.3, 0.4) is 0 Å². The number of nitrogens with zero attached hydrogens (tertiary/aromatic N) is 5. The van der Waals surface area contributed by atoms with Gasteiger partial charge in [-0.1, -0.05) is 26.0 Å². The number of carbonyl (C=O) groups is 7. The molecule has 23 nitrogen and oxygen atoms in total. The van der Waals surface area contributed by atoms with Gasteiger partial charge in [0.15, 0.2) is 17.7 Å². The summed E-state index contributed by atoms with van der Waals surface area (Å²) in [7, 11) is 0. The van der Waals surface area contributed by atoms with Crippen LogP contribution in [-0.4, -0.2) is 155 Å². The molecule has 0 saturated carbocycles. The van der Waals surface area contributed by atoms with E-state index >= 15 is 0 Å². The SMILES string of the molecule is CC(C)[C@H](NC(=O)CCN1C(=O)C=CC1=O)C(=O)N[C@@H](C)C(=O)Nc1ccc(COC(=O)N2CCC[C@@H]2C(=O)N[C@@H]2[C@@H](O)[C@H](O)[C@H](Nc3ncnc4nc[nH]c34)O[C@H]2CO)cc1. The van der Waals surface area contributed by atoms with Gasteiger partial charge in [-0.15, -0.1) is 0 Å². The summed E-state index contributed by atoms with van der Waals surface area (Å²) in [5.74, 6) is -3.52. The van der Waals surface area contributed by atoms with Crippen LogP contribution in [0.4, 0.5) is 16.3 Å². The molecule has 0 bridgehead atoms. The third-order valence-corrected chi connectivity index (χ3v) is 10.6. The lowest BCUT2D eigenvalue weighted by Crippen LogP contribution is -2.67. The number of aromatic nitrogens is 4. The lowest BCUT2D eigenvalue weighted by molar-refractivity contribution is -0.185. The number of aliphatic hydroxyl groups excluding tert-OH is 3. The fourth-order valence-electron chi connectivity index (χ4n) is 7.12. The molecule has 6 rings (SSSR count). The maximum atomic E-state index is 13.5. The Hall–Kier alpha value is -6.56. The molecule has 2 fully saturated rings. The van der Waals surface area contributed by atoms with Crippen molar-refractivity contribution < 1.29 is 58.4 Å². The van der Waals surface area contributed by atoms with Crippen molar-refractivity contribution in [3.05, 3.63) is 54.6 Å². The van der Waals surface area contributed by atoms with E-state index in [1.54, 1.807) is 38.1 Å². The number of amides is 7. The molecule has 3 aliphatic rings. The Morgan fingerprint density at radius 3 is 2.39 bits per heavy atom. The molecule has 62 heavy (non-hydrogen) atoms. The molecule has 1 aromatic carbocycles. The van der Waals surface area contributed by atoms with Gasteiger partial charge in [0.1, 0.15) is 54.9 Å². The van der Waals surface area contributed by atoms with E-state index in [9.17, 15) is 48.9 Å². The first kappa shape index (κ1) is 45.0. The molecule has 3 aliphatic heterocycles. The van der Waals surface area contributed by atoms with Crippen LogP contribution >= 0.6 is 0 Å². The van der Waals surface area contributed by atoms with Crippen LogP contribution in [0.5, 0.6) is 0 Å². The molecule has 23 heteroatoms. The van der Waals surface area contributed by atoms with Crippen molar-refractivity contribution >= 4 is 64.2 Å². The highest BCUT2D eigenvalue weighted by Gasteiger charge is 2.47. The van der Waals surface area contributed by atoms with Crippen LogP contribution in [0.25, 0.3) is 11.2 Å². The maximum absolute atomic E-state index is 13.5. The molecule has 8 atom stereocenters. The molecule has 0 spiro atoms. The second kappa shape index (κ2) is 19.9. The molecule has 7 amide bonds. The van der Waals surface area contributed by atoms with E-state index in [0.717, 1.165) is 17.1 Å². The number of imidazole rings is 1. The topological polar surface area (TPSA) is 320 Å². The fourth-order valence-corrected chi connectivity index (χ4v) is 7.12. The smallest absolute Gasteiger partial charge is 0.410 e. The number of carbonyl (C=O) groups excluding carboxylic acids is 7. The minimum absolute atomic E-state index is 0.144. The molecule has 332 valence electrons. The van der Waals surface area contributed by atoms with Crippen molar-refractivity contribution in [2.75, 3.05) is 30.3 Å². The zero-order valence-electron chi connectivity index (χ0n) is 34.0. The van der Waals surface area contributed by atoms with Crippen molar-refractivity contribution in [3.8, 4) is 0 Å². The number of anilines is 2. The summed E-state index contributed by atoms with van der Waals surface area (Å²) < 4.78 is 11.3. The standard InChI is InChI=1S/C39H49N11O12/c1-19(2)28(46-25(52)12-14-50-26(53)10-11-27(50)54)37(59)44-20(3)35(57)45-22-8-6-21(7-9-22)16-61-39(60)49-13-4-5-23(49)36(58)47-29-24(15-51)62-38(32(56)31(29)55)48-34-30-33(41-17-40-30)42-18-43-34/h6-11,17-20,23-24,28-29,31-32,38,51,55-56H,4-5,12-16H2,1-3H3,(H,44,59)(H,45,57)(H,46,52)(H,47,58)(H2,40,41,42,43,48)/t20-,23+,24-,28-,29-,31+,32-,38+/m0/s1. The third-order valence-electron chi connectivity index (χ3n) is 10.6. The largest absolute Gasteiger partial charge is 0.445 e. The normalized spacial score (nSPS) is 23.3. The van der Waals surface area contributed by atoms with E-state index in [0.29, 0.717) is 35.3 Å². The summed E-state index contributed by atoms with van der Waals surface area (Å²) in [5, 5.41) is 45.5. The minimum atomic E-state index is -1.59. The quantitative estimate of drug-likeness (QED) is 0.0732. The highest BCUT2D eigenvalue weighted by Crippen LogP contribution is 2.26. The van der Waals surface area contributed by atoms with Gasteiger partial charge in [0.25, 0.3) is 11.8 Å². The first-order chi connectivity index (χ1) is 29.6. The number of hydrogen-bond donors (Lipinski definition) is 9. The number of aromatic amines is 1. The average Bonchev–Trinajstić information content (AvgIpc) is 4.02. The molecule has 2 aromatic heterocycles. The van der Waals surface area contributed by atoms with Gasteiger partial charge in [0.2, 0.25) is 23.6 Å². The van der Waals surface area contributed by atoms with Crippen molar-refractivity contribution in [2.24, 2.45) is 5.92 Å². The van der Waals surface area contributed by atoms with Gasteiger partial charge in [-0.25, -0.2) is 19.7 Å². The Bertz CT molecular complexity index is 2160. The Morgan fingerprint density at radius 2 is 1.69 bits per heavy atom. The molecule has 5 heterocycles. The average molecular weight is 864 g/mol. The molecular weight excluding hydrogens is 814 g/mol. The summed E-state index contributed by atoms with van der Waals surface area (Å²) in [6.45, 7) is 4.16. The monoisotopic (exact) mass is 863 g/mol. The summed E-state index contributed by atoms with van der Waals surface area (Å²) in [6.07, 6.45) is -0.869. The summed E-state index contributed by atoms with van der Waals surface area (Å²) >= 11 is 0. The third kappa shape index (κ3) is 10.5. The Labute approximate surface area is 354 Å². The van der Waals surface area contributed by atoms with Crippen LogP contribution in [0.15, 0.2) is 49.1 Å². The van der Waals surface area contributed by atoms with Crippen LogP contribution in [0.1, 0.15) is 45.6 Å². The maximum Gasteiger partial charge on any atom is 0.410 e. The van der Waals surface area contributed by atoms with E-state index in [4.69, 9.17) is 9.47 Å². The highest BCUT2D eigenvalue weighted by molar-refractivity contribution is 6.13. The van der Waals surface area contributed by atoms with Gasteiger partial charge in [-0.3, -0.25) is 38.6 Å². The van der Waals surface area contributed by atoms with Gasteiger partial charge in [0.05, 0.1) is 19.0 Å². The summed E-state index contributed by atoms with van der Waals surface area (Å²) in [5.41, 5.74) is 1.71. The van der Waals surface area contributed by atoms with Gasteiger partial charge in [-0.05, 0) is 43.4 Å². The number of rotatable bonds is 16. The van der Waals surface area contributed by atoms with Crippen molar-refractivity contribution in [3.63, 3.8) is 0 Å². The first-order valence-electron chi connectivity index (χ1n) is 19.9. The summed E-state index contributed by atoms with van der Waals surface area (Å²) in [4.78, 5) is 106. The zero-order chi connectivity index (χ0) is 44.7. The van der Waals surface area contributed by atoms with Crippen molar-refractivity contribution in [1.29, 1.82) is 0 Å². The molecule has 3 aromatic rings. The van der Waals surface area contributed by atoms with Crippen LogP contribution in [0, 0.1) is 5.92 Å². The van der Waals surface area contributed by atoms with Gasteiger partial charge in [0, 0.05) is 37.3 Å². The fraction of sp³-hybridized carbons (Fsp3) is 0.487. The highest BCUT2D eigenvalue weighted by atomic mass is 16.6. The lowest BCUT2D eigenvalue weighted by Gasteiger charge is -2.43. The van der Waals surface area contributed by atoms with E-state index < -0.39 is 96.9 Å². The summed E-state index contributed by atoms with van der Waals surface area (Å²) in [6, 6.07) is 2.14. The van der Waals surface area contributed by atoms with Crippen LogP contribution < -0.4 is 26.6 Å². The Kier molecular flexibility index (Phi) is 14.4. The Balaban J connectivity index is 0.948. The molecule has 2 saturated heterocycles. The minimum Gasteiger partial charge on any atom is -0.445 e. The predicted molar refractivity (Wildman–Crippen MR) is 215 cm³/mol. The van der Waals surface area contributed by atoms with Gasteiger partial charge < -0.3 is 56.4 Å². The van der Waals surface area contributed by atoms with E-state index in [1.807, 2.05) is 0 Å². The molecule has 0 radical (unpaired) electrons. The van der Waals surface area contributed by atoms with Crippen molar-refractivity contribution in [2.45, 2.75) is 95.3 Å². The second-order valence-electron chi connectivity index (χ2n) is 15.3. The van der Waals surface area contributed by atoms with Crippen LogP contribution in [-0.2, 0) is 44.8 Å². The van der Waals surface area contributed by atoms with E-state index in [1.165, 1.54) is 24.5 Å². The zero-order valence-corrected chi connectivity index (χ0v) is 34.0.